The molecule has 2 aliphatic heterocycles. The Labute approximate surface area is 127 Å². The van der Waals surface area contributed by atoms with Crippen molar-refractivity contribution in [2.45, 2.75) is 39.2 Å². The van der Waals surface area contributed by atoms with Crippen molar-refractivity contribution in [3.63, 3.8) is 0 Å². The van der Waals surface area contributed by atoms with Crippen molar-refractivity contribution in [1.29, 1.82) is 0 Å². The molecule has 0 spiro atoms. The lowest BCUT2D eigenvalue weighted by Crippen LogP contribution is -2.53. The van der Waals surface area contributed by atoms with Crippen molar-refractivity contribution in [3.05, 3.63) is 0 Å². The first-order valence-electron chi connectivity index (χ1n) is 7.60. The second-order valence-corrected chi connectivity index (χ2v) is 8.38. The van der Waals surface area contributed by atoms with Gasteiger partial charge in [0, 0.05) is 32.2 Å². The van der Waals surface area contributed by atoms with Gasteiger partial charge in [-0.05, 0) is 31.1 Å². The van der Waals surface area contributed by atoms with Crippen molar-refractivity contribution >= 4 is 16.2 Å². The number of hydrogen-bond donors (Lipinski definition) is 2. The van der Waals surface area contributed by atoms with Crippen molar-refractivity contribution in [3.8, 4) is 0 Å². The first-order valence-corrected chi connectivity index (χ1v) is 9.00. The molecule has 8 heteroatoms. The third-order valence-electron chi connectivity index (χ3n) is 4.29. The normalized spacial score (nSPS) is 30.2. The smallest absolute Gasteiger partial charge is 0.312 e. The van der Waals surface area contributed by atoms with Crippen molar-refractivity contribution in [1.82, 2.24) is 13.9 Å². The minimum absolute atomic E-state index is 0.0202. The molecule has 0 aromatic rings. The molecule has 122 valence electrons. The molecule has 2 saturated heterocycles. The lowest BCUT2D eigenvalue weighted by Gasteiger charge is -2.39. The molecule has 0 radical (unpaired) electrons. The van der Waals surface area contributed by atoms with Gasteiger partial charge in [0.2, 0.25) is 0 Å². The number of piperidine rings is 2. The highest BCUT2D eigenvalue weighted by molar-refractivity contribution is 7.86. The predicted molar refractivity (Wildman–Crippen MR) is 80.8 cm³/mol. The van der Waals surface area contributed by atoms with E-state index in [2.05, 4.69) is 19.2 Å². The third kappa shape index (κ3) is 4.08. The van der Waals surface area contributed by atoms with Crippen LogP contribution in [0, 0.1) is 11.8 Å². The SMILES string of the molecule is C[C@@H]1C[C@@H](C)CN(S(=O)(=O)N2CCC(NC(N)=O)CC2)C1. The van der Waals surface area contributed by atoms with Crippen molar-refractivity contribution in [2.24, 2.45) is 17.6 Å². The predicted octanol–water partition coefficient (Wildman–Crippen LogP) is 0.342. The van der Waals surface area contributed by atoms with E-state index in [0.717, 1.165) is 6.42 Å². The van der Waals surface area contributed by atoms with E-state index in [0.29, 0.717) is 50.9 Å². The van der Waals surface area contributed by atoms with Gasteiger partial charge in [0.15, 0.2) is 0 Å². The van der Waals surface area contributed by atoms with Crippen LogP contribution < -0.4 is 11.1 Å². The number of carbonyl (C=O) groups excluding carboxylic acids is 1. The molecule has 0 aromatic carbocycles. The first kappa shape index (κ1) is 16.5. The molecule has 0 saturated carbocycles. The van der Waals surface area contributed by atoms with Gasteiger partial charge in [0.05, 0.1) is 0 Å². The zero-order chi connectivity index (χ0) is 15.6. The number of nitrogens with two attached hydrogens (primary N) is 1. The molecular weight excluding hydrogens is 292 g/mol. The van der Waals surface area contributed by atoms with E-state index in [1.165, 1.54) is 4.31 Å². The molecule has 2 aliphatic rings. The Morgan fingerprint density at radius 1 is 1.10 bits per heavy atom. The van der Waals surface area contributed by atoms with Crippen molar-refractivity contribution < 1.29 is 13.2 Å². The summed E-state index contributed by atoms with van der Waals surface area (Å²) in [6, 6.07) is -0.567. The van der Waals surface area contributed by atoms with Gasteiger partial charge in [-0.2, -0.15) is 17.0 Å². The molecule has 2 atom stereocenters. The highest BCUT2D eigenvalue weighted by Gasteiger charge is 2.36. The van der Waals surface area contributed by atoms with Crippen LogP contribution in [0.5, 0.6) is 0 Å². The standard InChI is InChI=1S/C13H26N4O3S/c1-10-7-11(2)9-17(8-10)21(19,20)16-5-3-12(4-6-16)15-13(14)18/h10-12H,3-9H2,1-2H3,(H3,14,15,18)/t10-,11-/m1/s1. The molecule has 7 nitrogen and oxygen atoms in total. The lowest BCUT2D eigenvalue weighted by molar-refractivity contribution is 0.198. The summed E-state index contributed by atoms with van der Waals surface area (Å²) in [5.74, 6) is 0.801. The number of nitrogens with zero attached hydrogens (tertiary/aromatic N) is 2. The number of nitrogens with one attached hydrogen (secondary N) is 1. The molecule has 2 rings (SSSR count). The second kappa shape index (κ2) is 6.50. The van der Waals surface area contributed by atoms with Gasteiger partial charge >= 0.3 is 6.03 Å². The topological polar surface area (TPSA) is 95.7 Å². The average Bonchev–Trinajstić information content (AvgIpc) is 2.37. The van der Waals surface area contributed by atoms with E-state index in [-0.39, 0.29) is 6.04 Å². The molecular formula is C13H26N4O3S. The summed E-state index contributed by atoms with van der Waals surface area (Å²) >= 11 is 0. The summed E-state index contributed by atoms with van der Waals surface area (Å²) in [5.41, 5.74) is 5.10. The molecule has 3 N–H and O–H groups in total. The van der Waals surface area contributed by atoms with Crippen LogP contribution in [-0.4, -0.2) is 55.3 Å². The number of carbonyl (C=O) groups is 1. The van der Waals surface area contributed by atoms with E-state index in [1.54, 1.807) is 4.31 Å². The van der Waals surface area contributed by atoms with Crippen LogP contribution in [-0.2, 0) is 10.2 Å². The van der Waals surface area contributed by atoms with Crippen LogP contribution in [0.25, 0.3) is 0 Å². The van der Waals surface area contributed by atoms with Gasteiger partial charge in [-0.25, -0.2) is 4.79 Å². The van der Waals surface area contributed by atoms with Gasteiger partial charge in [0.1, 0.15) is 0 Å². The summed E-state index contributed by atoms with van der Waals surface area (Å²) in [6.45, 7) is 6.28. The molecule has 2 fully saturated rings. The van der Waals surface area contributed by atoms with Crippen LogP contribution in [0.3, 0.4) is 0 Å². The Morgan fingerprint density at radius 2 is 1.62 bits per heavy atom. The Balaban J connectivity index is 1.96. The Bertz CT molecular complexity index is 464. The summed E-state index contributed by atoms with van der Waals surface area (Å²) in [7, 11) is -3.38. The quantitative estimate of drug-likeness (QED) is 0.785. The summed E-state index contributed by atoms with van der Waals surface area (Å²) in [4.78, 5) is 10.8. The van der Waals surface area contributed by atoms with Gasteiger partial charge in [-0.3, -0.25) is 0 Å². The molecule has 0 unspecified atom stereocenters. The van der Waals surface area contributed by atoms with Crippen LogP contribution in [0.4, 0.5) is 4.79 Å². The third-order valence-corrected chi connectivity index (χ3v) is 6.26. The zero-order valence-corrected chi connectivity index (χ0v) is 13.6. The highest BCUT2D eigenvalue weighted by atomic mass is 32.2. The molecule has 21 heavy (non-hydrogen) atoms. The molecule has 0 aromatic heterocycles. The maximum absolute atomic E-state index is 12.7. The second-order valence-electron chi connectivity index (χ2n) is 6.45. The number of urea groups is 1. The Hall–Kier alpha value is -0.860. The first-order chi connectivity index (χ1) is 9.79. The van der Waals surface area contributed by atoms with Crippen LogP contribution in [0.15, 0.2) is 0 Å². The van der Waals surface area contributed by atoms with E-state index in [1.807, 2.05) is 0 Å². The van der Waals surface area contributed by atoms with E-state index >= 15 is 0 Å². The minimum atomic E-state index is -3.38. The minimum Gasteiger partial charge on any atom is -0.352 e. The van der Waals surface area contributed by atoms with Crippen molar-refractivity contribution in [2.75, 3.05) is 26.2 Å². The fourth-order valence-electron chi connectivity index (χ4n) is 3.39. The maximum Gasteiger partial charge on any atom is 0.312 e. The van der Waals surface area contributed by atoms with E-state index in [4.69, 9.17) is 5.73 Å². The number of hydrogen-bond acceptors (Lipinski definition) is 3. The van der Waals surface area contributed by atoms with Gasteiger partial charge in [-0.1, -0.05) is 13.8 Å². The number of amides is 2. The van der Waals surface area contributed by atoms with Crippen LogP contribution in [0.1, 0.15) is 33.1 Å². The molecule has 2 heterocycles. The summed E-state index contributed by atoms with van der Waals surface area (Å²) in [6.07, 6.45) is 2.30. The Morgan fingerprint density at radius 3 is 2.10 bits per heavy atom. The zero-order valence-electron chi connectivity index (χ0n) is 12.8. The molecule has 0 aliphatic carbocycles. The average molecular weight is 318 g/mol. The monoisotopic (exact) mass is 318 g/mol. The van der Waals surface area contributed by atoms with Gasteiger partial charge in [-0.15, -0.1) is 0 Å². The van der Waals surface area contributed by atoms with Gasteiger partial charge < -0.3 is 11.1 Å². The highest BCUT2D eigenvalue weighted by Crippen LogP contribution is 2.26. The fraction of sp³-hybridized carbons (Fsp3) is 0.923. The fourth-order valence-corrected chi connectivity index (χ4v) is 5.27. The Kier molecular flexibility index (Phi) is 5.11. The summed E-state index contributed by atoms with van der Waals surface area (Å²) < 4.78 is 28.6. The lowest BCUT2D eigenvalue weighted by atomic mass is 9.94. The van der Waals surface area contributed by atoms with E-state index in [9.17, 15) is 13.2 Å². The summed E-state index contributed by atoms with van der Waals surface area (Å²) in [5, 5.41) is 2.65. The van der Waals surface area contributed by atoms with Crippen LogP contribution >= 0.6 is 0 Å². The largest absolute Gasteiger partial charge is 0.352 e. The molecule has 0 bridgehead atoms. The number of primary amides is 1. The van der Waals surface area contributed by atoms with E-state index < -0.39 is 16.2 Å². The number of rotatable bonds is 3. The van der Waals surface area contributed by atoms with Gasteiger partial charge in [0.25, 0.3) is 10.2 Å². The maximum atomic E-state index is 12.7. The molecule has 2 amide bonds. The van der Waals surface area contributed by atoms with Crippen LogP contribution in [0.2, 0.25) is 0 Å².